The molecule has 1 N–H and O–H groups in total. The molecule has 0 aromatic heterocycles. The molecule has 104 valence electrons. The average Bonchev–Trinajstić information content (AvgIpc) is 2.77. The first-order chi connectivity index (χ1) is 9.78. The van der Waals surface area contributed by atoms with Crippen molar-refractivity contribution in [2.45, 2.75) is 32.4 Å². The van der Waals surface area contributed by atoms with Crippen molar-refractivity contribution >= 4 is 0 Å². The number of nitrogens with one attached hydrogen (secondary N) is 1. The van der Waals surface area contributed by atoms with Crippen LogP contribution >= 0.6 is 0 Å². The summed E-state index contributed by atoms with van der Waals surface area (Å²) in [6, 6.07) is 17.5. The van der Waals surface area contributed by atoms with Gasteiger partial charge >= 0.3 is 0 Å². The van der Waals surface area contributed by atoms with Gasteiger partial charge in [-0.2, -0.15) is 0 Å². The monoisotopic (exact) mass is 267 g/mol. The lowest BCUT2D eigenvalue weighted by atomic mass is 9.98. The highest BCUT2D eigenvalue weighted by molar-refractivity contribution is 5.44. The molecule has 2 aromatic carbocycles. The molecule has 2 nitrogen and oxygen atoms in total. The third-order valence-electron chi connectivity index (χ3n) is 3.87. The standard InChI is InChI=1S/C18H21NO/c1-3-19-18-13(2)20-17-10-9-15(12-16(17)18)11-14-7-5-4-6-8-14/h4-10,12-13,18-19H,3,11H2,1-2H3. The molecule has 2 aromatic rings. The fraction of sp³-hybridized carbons (Fsp3) is 0.333. The lowest BCUT2D eigenvalue weighted by Crippen LogP contribution is -2.28. The number of hydrogen-bond acceptors (Lipinski definition) is 2. The van der Waals surface area contributed by atoms with Crippen molar-refractivity contribution in [3.63, 3.8) is 0 Å². The van der Waals surface area contributed by atoms with Crippen LogP contribution in [0, 0.1) is 0 Å². The summed E-state index contributed by atoms with van der Waals surface area (Å²) in [6.07, 6.45) is 1.18. The van der Waals surface area contributed by atoms with Crippen LogP contribution in [-0.4, -0.2) is 12.6 Å². The van der Waals surface area contributed by atoms with Crippen molar-refractivity contribution in [3.05, 3.63) is 65.2 Å². The molecule has 0 bridgehead atoms. The summed E-state index contributed by atoms with van der Waals surface area (Å²) in [6.45, 7) is 5.23. The molecule has 0 aliphatic carbocycles. The molecule has 2 heteroatoms. The molecular formula is C18H21NO. The second-order valence-electron chi connectivity index (χ2n) is 5.39. The predicted molar refractivity (Wildman–Crippen MR) is 82.2 cm³/mol. The van der Waals surface area contributed by atoms with Gasteiger partial charge in [0.25, 0.3) is 0 Å². The third-order valence-corrected chi connectivity index (χ3v) is 3.87. The maximum atomic E-state index is 5.91. The van der Waals surface area contributed by atoms with E-state index in [1.54, 1.807) is 0 Å². The van der Waals surface area contributed by atoms with Gasteiger partial charge < -0.3 is 10.1 Å². The first-order valence-electron chi connectivity index (χ1n) is 7.34. The van der Waals surface area contributed by atoms with Crippen molar-refractivity contribution in [3.8, 4) is 5.75 Å². The van der Waals surface area contributed by atoms with E-state index in [4.69, 9.17) is 4.74 Å². The SMILES string of the molecule is CCNC1c2cc(Cc3ccccc3)ccc2OC1C. The van der Waals surface area contributed by atoms with Gasteiger partial charge in [-0.25, -0.2) is 0 Å². The minimum Gasteiger partial charge on any atom is -0.488 e. The Morgan fingerprint density at radius 1 is 1.05 bits per heavy atom. The number of hydrogen-bond donors (Lipinski definition) is 1. The van der Waals surface area contributed by atoms with E-state index in [9.17, 15) is 0 Å². The Kier molecular flexibility index (Phi) is 3.75. The van der Waals surface area contributed by atoms with Crippen molar-refractivity contribution in [2.75, 3.05) is 6.54 Å². The predicted octanol–water partition coefficient (Wildman–Crippen LogP) is 3.71. The van der Waals surface area contributed by atoms with Gasteiger partial charge in [-0.05, 0) is 37.1 Å². The Labute approximate surface area is 120 Å². The van der Waals surface area contributed by atoms with Crippen LogP contribution in [0.3, 0.4) is 0 Å². The zero-order valence-electron chi connectivity index (χ0n) is 12.1. The van der Waals surface area contributed by atoms with E-state index < -0.39 is 0 Å². The van der Waals surface area contributed by atoms with Crippen LogP contribution in [-0.2, 0) is 6.42 Å². The van der Waals surface area contributed by atoms with E-state index in [1.807, 2.05) is 0 Å². The number of ether oxygens (including phenoxy) is 1. The molecule has 20 heavy (non-hydrogen) atoms. The van der Waals surface area contributed by atoms with Crippen LogP contribution in [0.25, 0.3) is 0 Å². The van der Waals surface area contributed by atoms with E-state index in [2.05, 4.69) is 67.7 Å². The first kappa shape index (κ1) is 13.2. The second-order valence-corrected chi connectivity index (χ2v) is 5.39. The van der Waals surface area contributed by atoms with Gasteiger partial charge in [0.2, 0.25) is 0 Å². The minimum atomic E-state index is 0.205. The van der Waals surface area contributed by atoms with Crippen molar-refractivity contribution < 1.29 is 4.74 Å². The molecule has 1 aliphatic rings. The van der Waals surface area contributed by atoms with Gasteiger partial charge in [-0.15, -0.1) is 0 Å². The molecule has 3 rings (SSSR count). The summed E-state index contributed by atoms with van der Waals surface area (Å²) in [5.41, 5.74) is 3.99. The molecule has 0 saturated carbocycles. The van der Waals surface area contributed by atoms with Gasteiger partial charge in [0, 0.05) is 5.56 Å². The molecule has 1 heterocycles. The number of benzene rings is 2. The summed E-state index contributed by atoms with van der Waals surface area (Å²) < 4.78 is 5.91. The van der Waals surface area contributed by atoms with Gasteiger partial charge in [0.1, 0.15) is 11.9 Å². The minimum absolute atomic E-state index is 0.205. The maximum absolute atomic E-state index is 5.91. The van der Waals surface area contributed by atoms with Crippen molar-refractivity contribution in [1.82, 2.24) is 5.32 Å². The van der Waals surface area contributed by atoms with E-state index in [1.165, 1.54) is 16.7 Å². The summed E-state index contributed by atoms with van der Waals surface area (Å²) in [5, 5.41) is 3.52. The molecule has 0 spiro atoms. The molecular weight excluding hydrogens is 246 g/mol. The highest BCUT2D eigenvalue weighted by Crippen LogP contribution is 2.37. The maximum Gasteiger partial charge on any atom is 0.124 e. The van der Waals surface area contributed by atoms with Crippen LogP contribution in [0.1, 0.15) is 36.6 Å². The molecule has 0 radical (unpaired) electrons. The van der Waals surface area contributed by atoms with Crippen molar-refractivity contribution in [1.29, 1.82) is 0 Å². The quantitative estimate of drug-likeness (QED) is 0.912. The lowest BCUT2D eigenvalue weighted by Gasteiger charge is -2.15. The van der Waals surface area contributed by atoms with Gasteiger partial charge in [-0.3, -0.25) is 0 Å². The fourth-order valence-electron chi connectivity index (χ4n) is 2.91. The normalized spacial score (nSPS) is 20.5. The highest BCUT2D eigenvalue weighted by Gasteiger charge is 2.30. The molecule has 0 saturated heterocycles. The Hall–Kier alpha value is -1.80. The molecule has 2 unspecified atom stereocenters. The Morgan fingerprint density at radius 2 is 1.85 bits per heavy atom. The first-order valence-corrected chi connectivity index (χ1v) is 7.34. The second kappa shape index (κ2) is 5.68. The summed E-state index contributed by atoms with van der Waals surface area (Å²) in [4.78, 5) is 0. The summed E-state index contributed by atoms with van der Waals surface area (Å²) >= 11 is 0. The Balaban J connectivity index is 1.86. The average molecular weight is 267 g/mol. The summed E-state index contributed by atoms with van der Waals surface area (Å²) in [5.74, 6) is 1.03. The molecule has 2 atom stereocenters. The van der Waals surface area contributed by atoms with Crippen LogP contribution in [0.5, 0.6) is 5.75 Å². The lowest BCUT2D eigenvalue weighted by molar-refractivity contribution is 0.211. The zero-order chi connectivity index (χ0) is 13.9. The largest absolute Gasteiger partial charge is 0.488 e. The van der Waals surface area contributed by atoms with E-state index in [-0.39, 0.29) is 6.10 Å². The van der Waals surface area contributed by atoms with Crippen LogP contribution < -0.4 is 10.1 Å². The molecule has 0 amide bonds. The van der Waals surface area contributed by atoms with E-state index in [0.717, 1.165) is 18.7 Å². The Morgan fingerprint density at radius 3 is 2.60 bits per heavy atom. The van der Waals surface area contributed by atoms with Crippen LogP contribution in [0.4, 0.5) is 0 Å². The Bertz CT molecular complexity index is 579. The van der Waals surface area contributed by atoms with Gasteiger partial charge in [-0.1, -0.05) is 49.4 Å². The smallest absolute Gasteiger partial charge is 0.124 e. The number of likely N-dealkylation sites (N-methyl/N-ethyl adjacent to an activating group) is 1. The van der Waals surface area contributed by atoms with Gasteiger partial charge in [0.15, 0.2) is 0 Å². The number of fused-ring (bicyclic) bond motifs is 1. The third kappa shape index (κ3) is 2.56. The van der Waals surface area contributed by atoms with Crippen LogP contribution in [0.15, 0.2) is 48.5 Å². The van der Waals surface area contributed by atoms with Gasteiger partial charge in [0.05, 0.1) is 6.04 Å². The topological polar surface area (TPSA) is 21.3 Å². The molecule has 1 aliphatic heterocycles. The fourth-order valence-corrected chi connectivity index (χ4v) is 2.91. The van der Waals surface area contributed by atoms with Crippen molar-refractivity contribution in [2.24, 2.45) is 0 Å². The molecule has 0 fully saturated rings. The highest BCUT2D eigenvalue weighted by atomic mass is 16.5. The number of rotatable bonds is 4. The van der Waals surface area contributed by atoms with Crippen LogP contribution in [0.2, 0.25) is 0 Å². The van der Waals surface area contributed by atoms with E-state index >= 15 is 0 Å². The van der Waals surface area contributed by atoms with E-state index in [0.29, 0.717) is 6.04 Å². The summed E-state index contributed by atoms with van der Waals surface area (Å²) in [7, 11) is 0. The zero-order valence-corrected chi connectivity index (χ0v) is 12.1.